The first-order valence-electron chi connectivity index (χ1n) is 10.4. The second-order valence-electron chi connectivity index (χ2n) is 8.10. The molecule has 32 heavy (non-hydrogen) atoms. The lowest BCUT2D eigenvalue weighted by molar-refractivity contribution is 0.0121. The molecule has 13 heteroatoms. The molecular formula is C19H30F2N5O5P. The van der Waals surface area contributed by atoms with E-state index in [2.05, 4.69) is 15.3 Å². The molecule has 2 heterocycles. The molecule has 180 valence electrons. The quantitative estimate of drug-likeness (QED) is 0.368. The molecule has 0 aliphatic rings. The number of aromatic amines is 1. The first-order valence-corrected chi connectivity index (χ1v) is 11.9. The maximum Gasteiger partial charge on any atom is 0.400 e. The van der Waals surface area contributed by atoms with Gasteiger partial charge in [-0.25, -0.2) is 4.79 Å². The van der Waals surface area contributed by atoms with E-state index in [0.29, 0.717) is 24.2 Å². The van der Waals surface area contributed by atoms with Crippen LogP contribution < -0.4 is 11.2 Å². The maximum absolute atomic E-state index is 14.7. The molecule has 0 spiro atoms. The predicted molar refractivity (Wildman–Crippen MR) is 114 cm³/mol. The van der Waals surface area contributed by atoms with E-state index in [-0.39, 0.29) is 13.0 Å². The molecule has 0 aliphatic carbocycles. The highest BCUT2D eigenvalue weighted by Gasteiger charge is 2.53. The number of nitrogens with one attached hydrogen (secondary N) is 1. The van der Waals surface area contributed by atoms with Crippen LogP contribution in [0.4, 0.5) is 8.78 Å². The van der Waals surface area contributed by atoms with E-state index in [4.69, 9.17) is 9.05 Å². The standard InChI is InChI=1S/C19H30F2N5O5P/c1-13(2)30-32(29,31-14(3)4)19(20,21)8-6-7-9-26-12-16(23-24-26)11-25-10-15(5)17(27)22-18(25)28/h10,12-14H,6-9,11H2,1-5H3,(H,22,27,28). The minimum Gasteiger partial charge on any atom is -0.302 e. The highest BCUT2D eigenvalue weighted by molar-refractivity contribution is 7.55. The maximum atomic E-state index is 14.7. The Balaban J connectivity index is 1.93. The summed E-state index contributed by atoms with van der Waals surface area (Å²) in [6.45, 7) is 8.10. The highest BCUT2D eigenvalue weighted by Crippen LogP contribution is 2.65. The molecule has 10 nitrogen and oxygen atoms in total. The number of unbranched alkanes of at least 4 members (excludes halogenated alkanes) is 1. The van der Waals surface area contributed by atoms with Crippen molar-refractivity contribution < 1.29 is 22.4 Å². The molecule has 2 rings (SSSR count). The molecule has 0 fully saturated rings. The van der Waals surface area contributed by atoms with E-state index in [1.54, 1.807) is 13.1 Å². The van der Waals surface area contributed by atoms with Crippen molar-refractivity contribution in [3.63, 3.8) is 0 Å². The van der Waals surface area contributed by atoms with Gasteiger partial charge in [0.25, 0.3) is 5.56 Å². The molecule has 0 saturated carbocycles. The molecule has 0 atom stereocenters. The van der Waals surface area contributed by atoms with Gasteiger partial charge in [-0.15, -0.1) is 5.10 Å². The molecule has 0 aromatic carbocycles. The van der Waals surface area contributed by atoms with Gasteiger partial charge in [0, 0.05) is 24.7 Å². The van der Waals surface area contributed by atoms with Gasteiger partial charge in [-0.1, -0.05) is 5.21 Å². The zero-order valence-electron chi connectivity index (χ0n) is 18.9. The molecule has 0 unspecified atom stereocenters. The van der Waals surface area contributed by atoms with Gasteiger partial charge in [0.15, 0.2) is 0 Å². The van der Waals surface area contributed by atoms with Crippen molar-refractivity contribution in [2.75, 3.05) is 0 Å². The summed E-state index contributed by atoms with van der Waals surface area (Å²) in [5, 5.41) is 7.90. The van der Waals surface area contributed by atoms with Gasteiger partial charge >= 0.3 is 18.9 Å². The van der Waals surface area contributed by atoms with Gasteiger partial charge in [0.1, 0.15) is 5.69 Å². The number of hydrogen-bond donors (Lipinski definition) is 1. The van der Waals surface area contributed by atoms with Crippen molar-refractivity contribution >= 4 is 7.60 Å². The number of nitrogens with zero attached hydrogens (tertiary/aromatic N) is 4. The van der Waals surface area contributed by atoms with E-state index in [9.17, 15) is 22.9 Å². The van der Waals surface area contributed by atoms with Crippen molar-refractivity contribution in [3.05, 3.63) is 44.5 Å². The Kier molecular flexibility index (Phi) is 8.67. The molecule has 2 aromatic rings. The third-order valence-electron chi connectivity index (χ3n) is 4.32. The Morgan fingerprint density at radius 3 is 2.34 bits per heavy atom. The molecule has 0 bridgehead atoms. The van der Waals surface area contributed by atoms with Gasteiger partial charge in [-0.05, 0) is 47.5 Å². The van der Waals surface area contributed by atoms with Crippen molar-refractivity contribution in [2.24, 2.45) is 0 Å². The summed E-state index contributed by atoms with van der Waals surface area (Å²) in [6, 6.07) is 0. The van der Waals surface area contributed by atoms with E-state index >= 15 is 0 Å². The van der Waals surface area contributed by atoms with Crippen LogP contribution in [0.25, 0.3) is 0 Å². The number of rotatable bonds is 12. The van der Waals surface area contributed by atoms with Crippen molar-refractivity contribution in [1.82, 2.24) is 24.5 Å². The molecule has 2 aromatic heterocycles. The normalized spacial score (nSPS) is 12.8. The summed E-state index contributed by atoms with van der Waals surface area (Å²) >= 11 is 0. The average Bonchev–Trinajstić information content (AvgIpc) is 3.09. The average molecular weight is 477 g/mol. The number of H-pyrrole nitrogens is 1. The van der Waals surface area contributed by atoms with E-state index < -0.39 is 43.1 Å². The lowest BCUT2D eigenvalue weighted by Crippen LogP contribution is -2.31. The summed E-state index contributed by atoms with van der Waals surface area (Å²) in [6.07, 6.45) is 1.43. The van der Waals surface area contributed by atoms with Crippen LogP contribution in [0, 0.1) is 6.92 Å². The lowest BCUT2D eigenvalue weighted by atomic mass is 10.2. The topological polar surface area (TPSA) is 121 Å². The number of halogens is 2. The number of hydrogen-bond acceptors (Lipinski definition) is 7. The Bertz CT molecular complexity index is 1050. The number of alkyl halides is 2. The Labute approximate surface area is 184 Å². The van der Waals surface area contributed by atoms with Crippen molar-refractivity contribution in [2.45, 2.75) is 84.8 Å². The largest absolute Gasteiger partial charge is 0.400 e. The van der Waals surface area contributed by atoms with Crippen LogP contribution in [0.15, 0.2) is 22.0 Å². The smallest absolute Gasteiger partial charge is 0.302 e. The van der Waals surface area contributed by atoms with Gasteiger partial charge in [-0.3, -0.25) is 23.6 Å². The van der Waals surface area contributed by atoms with E-state index in [0.717, 1.165) is 0 Å². The SMILES string of the molecule is Cc1cn(Cc2cn(CCCCC(F)(F)P(=O)(OC(C)C)OC(C)C)nn2)c(=O)[nH]c1=O. The fourth-order valence-electron chi connectivity index (χ4n) is 2.91. The summed E-state index contributed by atoms with van der Waals surface area (Å²) in [7, 11) is -4.62. The first-order chi connectivity index (χ1) is 14.8. The molecule has 0 aliphatic heterocycles. The van der Waals surface area contributed by atoms with Crippen LogP contribution in [0.3, 0.4) is 0 Å². The Hall–Kier alpha value is -2.17. The minimum absolute atomic E-state index is 0.0632. The number of aryl methyl sites for hydroxylation is 2. The first kappa shape index (κ1) is 26.1. The molecule has 0 saturated heterocycles. The summed E-state index contributed by atoms with van der Waals surface area (Å²) in [4.78, 5) is 25.5. The Morgan fingerprint density at radius 1 is 1.12 bits per heavy atom. The third kappa shape index (κ3) is 6.91. The zero-order valence-corrected chi connectivity index (χ0v) is 19.8. The lowest BCUT2D eigenvalue weighted by Gasteiger charge is -2.29. The minimum atomic E-state index is -4.62. The van der Waals surface area contributed by atoms with Crippen LogP contribution in [0.2, 0.25) is 0 Å². The van der Waals surface area contributed by atoms with Gasteiger partial charge in [0.2, 0.25) is 0 Å². The van der Waals surface area contributed by atoms with Gasteiger partial charge < -0.3 is 9.05 Å². The van der Waals surface area contributed by atoms with Crippen molar-refractivity contribution in [3.8, 4) is 0 Å². The molecule has 0 radical (unpaired) electrons. The zero-order chi connectivity index (χ0) is 24.1. The van der Waals surface area contributed by atoms with E-state index in [1.165, 1.54) is 43.1 Å². The second kappa shape index (κ2) is 10.6. The van der Waals surface area contributed by atoms with Crippen LogP contribution >= 0.6 is 7.60 Å². The fraction of sp³-hybridized carbons (Fsp3) is 0.684. The third-order valence-corrected chi connectivity index (χ3v) is 6.75. The van der Waals surface area contributed by atoms with E-state index in [1.807, 2.05) is 0 Å². The monoisotopic (exact) mass is 477 g/mol. The summed E-state index contributed by atoms with van der Waals surface area (Å²) in [5.74, 6) is 0. The van der Waals surface area contributed by atoms with Crippen LogP contribution in [-0.2, 0) is 26.7 Å². The summed E-state index contributed by atoms with van der Waals surface area (Å²) in [5.41, 5.74) is -3.76. The van der Waals surface area contributed by atoms with Crippen molar-refractivity contribution in [1.29, 1.82) is 0 Å². The highest BCUT2D eigenvalue weighted by atomic mass is 31.2. The second-order valence-corrected chi connectivity index (χ2v) is 10.2. The molecular weight excluding hydrogens is 447 g/mol. The van der Waals surface area contributed by atoms with Crippen LogP contribution in [0.5, 0.6) is 0 Å². The summed E-state index contributed by atoms with van der Waals surface area (Å²) < 4.78 is 54.8. The van der Waals surface area contributed by atoms with Crippen LogP contribution in [-0.4, -0.2) is 42.4 Å². The predicted octanol–water partition coefficient (Wildman–Crippen LogP) is 3.29. The molecule has 1 N–H and O–H groups in total. The number of aromatic nitrogens is 5. The Morgan fingerprint density at radius 2 is 1.75 bits per heavy atom. The van der Waals surface area contributed by atoms with Crippen LogP contribution in [0.1, 0.15) is 58.2 Å². The van der Waals surface area contributed by atoms with Gasteiger partial charge in [-0.2, -0.15) is 8.78 Å². The van der Waals surface area contributed by atoms with Gasteiger partial charge in [0.05, 0.1) is 24.9 Å². The molecule has 0 amide bonds. The fourth-order valence-corrected chi connectivity index (χ4v) is 4.81.